The van der Waals surface area contributed by atoms with Crippen molar-refractivity contribution in [2.24, 2.45) is 11.3 Å². The first kappa shape index (κ1) is 42.0. The van der Waals surface area contributed by atoms with Crippen molar-refractivity contribution >= 4 is 10.9 Å². The number of benzene rings is 2. The van der Waals surface area contributed by atoms with E-state index in [0.29, 0.717) is 11.8 Å². The molecule has 2 aromatic carbocycles. The molecule has 296 valence electrons. The Hall–Kier alpha value is -4.13. The van der Waals surface area contributed by atoms with Crippen LogP contribution in [0.1, 0.15) is 102 Å². The van der Waals surface area contributed by atoms with Crippen LogP contribution in [-0.2, 0) is 19.4 Å². The fraction of sp³-hybridized carbons (Fsp3) is 0.490. The quantitative estimate of drug-likeness (QED) is 0.0994. The molecule has 0 aliphatic carbocycles. The summed E-state index contributed by atoms with van der Waals surface area (Å²) in [5, 5.41) is 7.49. The molecule has 2 N–H and O–H groups in total. The fourth-order valence-corrected chi connectivity index (χ4v) is 8.93. The SMILES string of the molecule is C=CCCC(C)(C)Cc1c(-c2cccnc2C(C)C)n(CC)c2ccc(-c3cc(C)cc(CC(NC(=C)C(C(C)C)N(C)C)C(=C)N4CCCCN4)c3)cc12. The van der Waals surface area contributed by atoms with Gasteiger partial charge in [-0.15, -0.1) is 6.58 Å². The van der Waals surface area contributed by atoms with Crippen LogP contribution in [0.2, 0.25) is 0 Å². The van der Waals surface area contributed by atoms with Crippen LogP contribution in [0.25, 0.3) is 33.3 Å². The molecule has 6 heteroatoms. The van der Waals surface area contributed by atoms with Gasteiger partial charge >= 0.3 is 0 Å². The number of nitrogens with one attached hydrogen (secondary N) is 2. The second-order valence-electron chi connectivity index (χ2n) is 17.6. The summed E-state index contributed by atoms with van der Waals surface area (Å²) in [6.45, 7) is 34.5. The smallest absolute Gasteiger partial charge is 0.0707 e. The highest BCUT2D eigenvalue weighted by molar-refractivity contribution is 5.95. The van der Waals surface area contributed by atoms with Gasteiger partial charge < -0.3 is 19.8 Å². The molecule has 1 aliphatic heterocycles. The zero-order valence-corrected chi connectivity index (χ0v) is 35.9. The molecule has 6 nitrogen and oxygen atoms in total. The molecule has 2 aromatic heterocycles. The van der Waals surface area contributed by atoms with Crippen LogP contribution < -0.4 is 10.7 Å². The molecular weight excluding hydrogens is 673 g/mol. The first-order chi connectivity index (χ1) is 26.1. The topological polar surface area (TPSA) is 48.4 Å². The van der Waals surface area contributed by atoms with E-state index in [-0.39, 0.29) is 17.5 Å². The predicted octanol–water partition coefficient (Wildman–Crippen LogP) is 11.1. The van der Waals surface area contributed by atoms with Crippen LogP contribution in [0, 0.1) is 18.3 Å². The Morgan fingerprint density at radius 2 is 1.80 bits per heavy atom. The van der Waals surface area contributed by atoms with Crippen molar-refractivity contribution in [1.82, 2.24) is 30.2 Å². The highest BCUT2D eigenvalue weighted by Crippen LogP contribution is 2.42. The van der Waals surface area contributed by atoms with Gasteiger partial charge in [-0.1, -0.05) is 90.6 Å². The maximum absolute atomic E-state index is 4.93. The molecule has 1 aliphatic rings. The van der Waals surface area contributed by atoms with Gasteiger partial charge in [-0.05, 0) is 130 Å². The van der Waals surface area contributed by atoms with Crippen molar-refractivity contribution in [2.75, 3.05) is 27.2 Å². The molecule has 0 amide bonds. The van der Waals surface area contributed by atoms with Gasteiger partial charge in [0.05, 0.1) is 23.5 Å². The number of rotatable bonds is 18. The molecule has 0 radical (unpaired) electrons. The number of hydrogen-bond donors (Lipinski definition) is 2. The second-order valence-corrected chi connectivity index (χ2v) is 17.6. The third-order valence-corrected chi connectivity index (χ3v) is 11.5. The summed E-state index contributed by atoms with van der Waals surface area (Å²) in [5.41, 5.74) is 17.3. The largest absolute Gasteiger partial charge is 0.379 e. The Bertz CT molecular complexity index is 1950. The normalized spacial score (nSPS) is 14.9. The summed E-state index contributed by atoms with van der Waals surface area (Å²) in [5.74, 6) is 0.743. The summed E-state index contributed by atoms with van der Waals surface area (Å²) in [7, 11) is 4.28. The van der Waals surface area contributed by atoms with Crippen LogP contribution in [0.5, 0.6) is 0 Å². The van der Waals surface area contributed by atoms with Gasteiger partial charge in [0.15, 0.2) is 0 Å². The number of likely N-dealkylation sites (N-methyl/N-ethyl adjacent to an activating group) is 1. The molecule has 3 heterocycles. The summed E-state index contributed by atoms with van der Waals surface area (Å²) < 4.78 is 2.53. The van der Waals surface area contributed by atoms with Crippen molar-refractivity contribution in [1.29, 1.82) is 0 Å². The number of allylic oxidation sites excluding steroid dienone is 1. The van der Waals surface area contributed by atoms with Crippen LogP contribution >= 0.6 is 0 Å². The van der Waals surface area contributed by atoms with E-state index < -0.39 is 0 Å². The lowest BCUT2D eigenvalue weighted by molar-refractivity contribution is 0.185. The van der Waals surface area contributed by atoms with Crippen molar-refractivity contribution in [3.05, 3.63) is 114 Å². The fourth-order valence-electron chi connectivity index (χ4n) is 8.93. The molecule has 0 spiro atoms. The highest BCUT2D eigenvalue weighted by Gasteiger charge is 2.29. The van der Waals surface area contributed by atoms with Gasteiger partial charge in [-0.3, -0.25) is 4.98 Å². The first-order valence-corrected chi connectivity index (χ1v) is 20.8. The van der Waals surface area contributed by atoms with Crippen molar-refractivity contribution in [3.63, 3.8) is 0 Å². The van der Waals surface area contributed by atoms with E-state index in [0.717, 1.165) is 68.8 Å². The lowest BCUT2D eigenvalue weighted by Crippen LogP contribution is -2.50. The Labute approximate surface area is 333 Å². The number of aryl methyl sites for hydroxylation is 2. The highest BCUT2D eigenvalue weighted by atomic mass is 15.5. The van der Waals surface area contributed by atoms with Crippen molar-refractivity contribution in [2.45, 2.75) is 118 Å². The van der Waals surface area contributed by atoms with Gasteiger partial charge in [-0.25, -0.2) is 5.43 Å². The summed E-state index contributed by atoms with van der Waals surface area (Å²) in [6.07, 6.45) is 10.2. The molecule has 5 rings (SSSR count). The number of fused-ring (bicyclic) bond motifs is 1. The van der Waals surface area contributed by atoms with Gasteiger partial charge in [-0.2, -0.15) is 0 Å². The number of hydrazine groups is 1. The van der Waals surface area contributed by atoms with Gasteiger partial charge in [0.2, 0.25) is 0 Å². The molecule has 0 saturated carbocycles. The molecular formula is C49H70N6. The molecule has 0 bridgehead atoms. The Balaban J connectivity index is 1.61. The van der Waals surface area contributed by atoms with Gasteiger partial charge in [0, 0.05) is 53.7 Å². The standard InChI is InChI=1S/C49H70N6/c1-14-16-23-49(10,11)32-43-42-31-39(21-22-45(42)54(15-2)48(43)41-20-19-24-50-46(41)33(3)4)40-28-35(7)27-38(29-40)30-44(37(9)55-26-18-17-25-51-55)52-36(8)47(34(5)6)53(12)13/h14,19-22,24,27-29,31,33-34,44,47,51-52H,1,8-9,15-18,23,25-26,30,32H2,2-7,10-13H3. The zero-order chi connectivity index (χ0) is 40.0. The number of pyridine rings is 1. The third kappa shape index (κ3) is 9.82. The van der Waals surface area contributed by atoms with E-state index in [2.05, 4.69) is 169 Å². The zero-order valence-electron chi connectivity index (χ0n) is 35.9. The molecule has 2 atom stereocenters. The van der Waals surface area contributed by atoms with Crippen LogP contribution in [0.4, 0.5) is 0 Å². The maximum atomic E-state index is 4.93. The van der Waals surface area contributed by atoms with E-state index in [9.17, 15) is 0 Å². The summed E-state index contributed by atoms with van der Waals surface area (Å²) >= 11 is 0. The minimum atomic E-state index is -0.00314. The molecule has 55 heavy (non-hydrogen) atoms. The first-order valence-electron chi connectivity index (χ1n) is 20.8. The molecule has 4 aromatic rings. The second kappa shape index (κ2) is 18.2. The third-order valence-electron chi connectivity index (χ3n) is 11.5. The number of aromatic nitrogens is 2. The number of hydrogen-bond acceptors (Lipinski definition) is 5. The maximum Gasteiger partial charge on any atom is 0.0707 e. The number of nitrogens with zero attached hydrogens (tertiary/aromatic N) is 4. The summed E-state index contributed by atoms with van der Waals surface area (Å²) in [4.78, 5) is 7.20. The Kier molecular flexibility index (Phi) is 13.9. The van der Waals surface area contributed by atoms with Gasteiger partial charge in [0.1, 0.15) is 0 Å². The Morgan fingerprint density at radius 1 is 1.04 bits per heavy atom. The minimum Gasteiger partial charge on any atom is -0.379 e. The predicted molar refractivity (Wildman–Crippen MR) is 237 cm³/mol. The minimum absolute atomic E-state index is 0.00314. The Morgan fingerprint density at radius 3 is 2.44 bits per heavy atom. The van der Waals surface area contributed by atoms with E-state index in [4.69, 9.17) is 4.98 Å². The average Bonchev–Trinajstić information content (AvgIpc) is 3.44. The van der Waals surface area contributed by atoms with Gasteiger partial charge in [0.25, 0.3) is 0 Å². The van der Waals surface area contributed by atoms with Crippen molar-refractivity contribution < 1.29 is 0 Å². The monoisotopic (exact) mass is 743 g/mol. The van der Waals surface area contributed by atoms with E-state index >= 15 is 0 Å². The summed E-state index contributed by atoms with van der Waals surface area (Å²) in [6, 6.07) is 18.8. The molecule has 1 saturated heterocycles. The van der Waals surface area contributed by atoms with Crippen LogP contribution in [0.3, 0.4) is 0 Å². The van der Waals surface area contributed by atoms with Crippen molar-refractivity contribution in [3.8, 4) is 22.4 Å². The average molecular weight is 743 g/mol. The van der Waals surface area contributed by atoms with E-state index in [1.165, 1.54) is 56.4 Å². The van der Waals surface area contributed by atoms with E-state index in [1.54, 1.807) is 0 Å². The molecule has 2 unspecified atom stereocenters. The lowest BCUT2D eigenvalue weighted by Gasteiger charge is -2.38. The van der Waals surface area contributed by atoms with E-state index in [1.807, 2.05) is 6.20 Å². The van der Waals surface area contributed by atoms with Crippen LogP contribution in [0.15, 0.2) is 91.9 Å². The van der Waals surface area contributed by atoms with Crippen LogP contribution in [-0.4, -0.2) is 58.7 Å². The lowest BCUT2D eigenvalue weighted by atomic mass is 9.80. The molecule has 1 fully saturated rings.